The summed E-state index contributed by atoms with van der Waals surface area (Å²) in [5.41, 5.74) is 4.64. The summed E-state index contributed by atoms with van der Waals surface area (Å²) in [6.07, 6.45) is 5.71. The van der Waals surface area contributed by atoms with E-state index in [1.807, 2.05) is 56.1 Å². The molecule has 0 N–H and O–H groups in total. The first-order valence-corrected chi connectivity index (χ1v) is 7.56. The van der Waals surface area contributed by atoms with E-state index in [-0.39, 0.29) is 6.85 Å². The zero-order chi connectivity index (χ0) is 18.6. The molecule has 4 rings (SSSR count). The van der Waals surface area contributed by atoms with E-state index in [1.54, 1.807) is 12.3 Å². The van der Waals surface area contributed by atoms with Crippen LogP contribution in [-0.4, -0.2) is 23.7 Å². The average molecular weight is 307 g/mol. The van der Waals surface area contributed by atoms with Crippen molar-refractivity contribution in [3.05, 3.63) is 53.5 Å². The van der Waals surface area contributed by atoms with Crippen molar-refractivity contribution >= 4 is 35.3 Å². The van der Waals surface area contributed by atoms with Crippen LogP contribution in [0, 0.1) is 13.8 Å². The Labute approximate surface area is 140 Å². The highest BCUT2D eigenvalue weighted by Crippen LogP contribution is 2.23. The lowest BCUT2D eigenvalue weighted by Crippen LogP contribution is -2.65. The van der Waals surface area contributed by atoms with Gasteiger partial charge in [0.05, 0.1) is 0 Å². The number of hydrogen-bond acceptors (Lipinski definition) is 3. The molecular formula is C18H19BN3O+. The Balaban J connectivity index is 1.88. The summed E-state index contributed by atoms with van der Waals surface area (Å²) in [6.45, 7) is -0.339. The Morgan fingerprint density at radius 2 is 2.17 bits per heavy atom. The Bertz CT molecular complexity index is 1040. The number of furan rings is 1. The highest BCUT2D eigenvalue weighted by atomic mass is 16.3. The summed E-state index contributed by atoms with van der Waals surface area (Å²) in [4.78, 5) is 6.56. The van der Waals surface area contributed by atoms with Crippen LogP contribution in [0.25, 0.3) is 17.2 Å². The lowest BCUT2D eigenvalue weighted by atomic mass is 9.52. The van der Waals surface area contributed by atoms with Crippen molar-refractivity contribution in [3.8, 4) is 0 Å². The fraction of sp³-hybridized carbons (Fsp3) is 0.222. The van der Waals surface area contributed by atoms with E-state index >= 15 is 0 Å². The molecule has 0 atom stereocenters. The number of aryl methyl sites for hydroxylation is 3. The van der Waals surface area contributed by atoms with Crippen molar-refractivity contribution < 1.29 is 13.1 Å². The van der Waals surface area contributed by atoms with Crippen molar-refractivity contribution in [2.45, 2.75) is 13.8 Å². The molecule has 0 saturated carbocycles. The molecule has 0 radical (unpaired) electrons. The fourth-order valence-electron chi connectivity index (χ4n) is 3.19. The third-order valence-electron chi connectivity index (χ3n) is 4.35. The van der Waals surface area contributed by atoms with Gasteiger partial charge in [-0.05, 0) is 57.4 Å². The molecule has 0 fully saturated rings. The van der Waals surface area contributed by atoms with E-state index in [4.69, 9.17) is 8.53 Å². The van der Waals surface area contributed by atoms with Crippen LogP contribution in [0.3, 0.4) is 0 Å². The van der Waals surface area contributed by atoms with Crippen LogP contribution >= 0.6 is 0 Å². The number of nitrogens with zero attached hydrogens (tertiary/aromatic N) is 3. The Kier molecular flexibility index (Phi) is 2.39. The molecule has 0 saturated heterocycles. The lowest BCUT2D eigenvalue weighted by molar-refractivity contribution is -0.654. The molecule has 0 aromatic carbocycles. The van der Waals surface area contributed by atoms with Gasteiger partial charge in [0.2, 0.25) is 5.71 Å². The molecule has 0 bridgehead atoms. The summed E-state index contributed by atoms with van der Waals surface area (Å²) < 4.78 is 30.8. The fourth-order valence-corrected chi connectivity index (χ4v) is 3.19. The maximum absolute atomic E-state index is 7.61. The van der Waals surface area contributed by atoms with E-state index in [0.717, 1.165) is 27.9 Å². The standard InChI is InChI=1S/C18H19BN3O/c1-12-5-8-16(21(3)11-12)19-17-14(9-10-22(19)4)15-7-6-13(2)20-18(15)23-17/h5-11H,1-4H3/q+1/i1D3. The van der Waals surface area contributed by atoms with Crippen molar-refractivity contribution in [2.75, 3.05) is 7.05 Å². The molecule has 4 nitrogen and oxygen atoms in total. The largest absolute Gasteiger partial charge is 0.449 e. The van der Waals surface area contributed by atoms with Gasteiger partial charge < -0.3 is 9.23 Å². The van der Waals surface area contributed by atoms with E-state index in [1.165, 1.54) is 0 Å². The second kappa shape index (κ2) is 4.98. The van der Waals surface area contributed by atoms with Gasteiger partial charge in [-0.25, -0.2) is 9.55 Å². The SMILES string of the molecule is [2H]C([2H])([2H])c1ccc(B2c3oc4nc(C)ccc4c3C=CN2C)[n+](C)c1. The quantitative estimate of drug-likeness (QED) is 0.502. The van der Waals surface area contributed by atoms with Crippen LogP contribution in [0.1, 0.15) is 20.9 Å². The van der Waals surface area contributed by atoms with E-state index in [2.05, 4.69) is 9.79 Å². The van der Waals surface area contributed by atoms with Gasteiger partial charge in [0.25, 0.3) is 0 Å². The van der Waals surface area contributed by atoms with E-state index in [0.29, 0.717) is 11.3 Å². The van der Waals surface area contributed by atoms with Gasteiger partial charge in [-0.3, -0.25) is 0 Å². The summed E-state index contributed by atoms with van der Waals surface area (Å²) in [6, 6.07) is 7.53. The van der Waals surface area contributed by atoms with Crippen molar-refractivity contribution in [1.82, 2.24) is 9.79 Å². The minimum absolute atomic E-state index is 0.153. The first-order valence-electron chi connectivity index (χ1n) is 9.06. The minimum atomic E-state index is -2.12. The third kappa shape index (κ3) is 2.15. The van der Waals surface area contributed by atoms with Gasteiger partial charge in [-0.15, -0.1) is 0 Å². The molecule has 3 aromatic rings. The number of fused-ring (bicyclic) bond motifs is 3. The maximum atomic E-state index is 7.61. The normalized spacial score (nSPS) is 16.2. The zero-order valence-electron chi connectivity index (χ0n) is 16.4. The highest BCUT2D eigenvalue weighted by Gasteiger charge is 2.39. The van der Waals surface area contributed by atoms with Gasteiger partial charge in [-0.2, -0.15) is 0 Å². The maximum Gasteiger partial charge on any atom is 0.443 e. The zero-order valence-corrected chi connectivity index (χ0v) is 13.4. The second-order valence-electron chi connectivity index (χ2n) is 6.02. The Morgan fingerprint density at radius 1 is 1.30 bits per heavy atom. The average Bonchev–Trinajstić information content (AvgIpc) is 2.91. The Hall–Kier alpha value is -2.56. The number of pyridine rings is 2. The number of aromatic nitrogens is 2. The molecule has 0 amide bonds. The van der Waals surface area contributed by atoms with Crippen LogP contribution in [0.15, 0.2) is 41.1 Å². The van der Waals surface area contributed by atoms with Gasteiger partial charge in [0, 0.05) is 26.3 Å². The molecule has 5 heteroatoms. The number of rotatable bonds is 1. The highest BCUT2D eigenvalue weighted by molar-refractivity contribution is 6.82. The summed E-state index contributed by atoms with van der Waals surface area (Å²) in [7, 11) is 3.84. The van der Waals surface area contributed by atoms with Crippen LogP contribution in [0.5, 0.6) is 0 Å². The molecule has 3 aromatic heterocycles. The molecule has 23 heavy (non-hydrogen) atoms. The first-order chi connectivity index (χ1) is 12.3. The predicted molar refractivity (Wildman–Crippen MR) is 92.9 cm³/mol. The molecule has 1 aliphatic heterocycles. The molecule has 0 aliphatic carbocycles. The predicted octanol–water partition coefficient (Wildman–Crippen LogP) is 1.29. The van der Waals surface area contributed by atoms with Crippen LogP contribution < -0.4 is 15.8 Å². The molecular weight excluding hydrogens is 285 g/mol. The van der Waals surface area contributed by atoms with Gasteiger partial charge in [0.1, 0.15) is 12.7 Å². The van der Waals surface area contributed by atoms with Gasteiger partial charge in [0.15, 0.2) is 11.8 Å². The Morgan fingerprint density at radius 3 is 2.96 bits per heavy atom. The lowest BCUT2D eigenvalue weighted by Gasteiger charge is -2.23. The van der Waals surface area contributed by atoms with E-state index in [9.17, 15) is 0 Å². The number of hydrogen-bond donors (Lipinski definition) is 0. The molecule has 114 valence electrons. The van der Waals surface area contributed by atoms with Crippen LogP contribution in [0.4, 0.5) is 0 Å². The van der Waals surface area contributed by atoms with E-state index < -0.39 is 6.85 Å². The molecule has 0 spiro atoms. The van der Waals surface area contributed by atoms with Crippen LogP contribution in [0.2, 0.25) is 0 Å². The molecule has 1 aliphatic rings. The molecule has 0 unspecified atom stereocenters. The topological polar surface area (TPSA) is 33.2 Å². The van der Waals surface area contributed by atoms with Crippen molar-refractivity contribution in [3.63, 3.8) is 0 Å². The summed E-state index contributed by atoms with van der Waals surface area (Å²) >= 11 is 0. The van der Waals surface area contributed by atoms with Gasteiger partial charge >= 0.3 is 6.85 Å². The van der Waals surface area contributed by atoms with Crippen LogP contribution in [-0.2, 0) is 7.05 Å². The smallest absolute Gasteiger partial charge is 0.443 e. The van der Waals surface area contributed by atoms with Gasteiger partial charge in [-0.1, -0.05) is 0 Å². The minimum Gasteiger partial charge on any atom is -0.449 e. The first kappa shape index (κ1) is 11.1. The van der Waals surface area contributed by atoms with Crippen molar-refractivity contribution in [2.24, 2.45) is 7.05 Å². The molecule has 4 heterocycles. The monoisotopic (exact) mass is 307 g/mol. The summed E-state index contributed by atoms with van der Waals surface area (Å²) in [5, 5.41) is 0.988. The second-order valence-corrected chi connectivity index (χ2v) is 6.02. The third-order valence-corrected chi connectivity index (χ3v) is 4.35. The summed E-state index contributed by atoms with van der Waals surface area (Å²) in [5.74, 6) is 0. The van der Waals surface area contributed by atoms with Crippen molar-refractivity contribution in [1.29, 1.82) is 0 Å².